The molecular weight excluding hydrogens is 82.0 g/mol. The van der Waals surface area contributed by atoms with Gasteiger partial charge in [-0.1, -0.05) is 0 Å². The van der Waals surface area contributed by atoms with Crippen molar-refractivity contribution in [2.24, 2.45) is 0 Å². The maximum Gasteiger partial charge on any atom is 0.0748 e. The fraction of sp³-hybridized carbons (Fsp3) is 1.00. The van der Waals surface area contributed by atoms with E-state index < -0.39 is 0 Å². The van der Waals surface area contributed by atoms with Crippen LogP contribution in [0.5, 0.6) is 0 Å². The Bertz CT molecular complexity index is 19.4. The summed E-state index contributed by atoms with van der Waals surface area (Å²) in [6, 6.07) is 0. The lowest BCUT2D eigenvalue weighted by atomic mass is 11.2. The highest BCUT2D eigenvalue weighted by Crippen LogP contribution is 1.40. The van der Waals surface area contributed by atoms with Crippen molar-refractivity contribution < 1.29 is 0 Å². The normalized spacial score (nSPS) is 24.0. The van der Waals surface area contributed by atoms with E-state index in [4.69, 9.17) is 0 Å². The van der Waals surface area contributed by atoms with Gasteiger partial charge in [0.2, 0.25) is 0 Å². The molecule has 0 aromatic carbocycles. The van der Waals surface area contributed by atoms with Crippen molar-refractivity contribution in [3.63, 3.8) is 0 Å². The van der Waals surface area contributed by atoms with Gasteiger partial charge >= 0.3 is 0 Å². The Morgan fingerprint density at radius 1 is 0.833 bits per heavy atom. The minimum absolute atomic E-state index is 0.715. The molecule has 0 spiro atoms. The highest BCUT2D eigenvalue weighted by Gasteiger charge is 1.86. The third kappa shape index (κ3) is 0.886. The van der Waals surface area contributed by atoms with Gasteiger partial charge < -0.3 is 0 Å². The SMILES string of the molecule is C1NNNNN1. The largest absolute Gasteiger partial charge is 0.228 e. The number of rotatable bonds is 0. The molecule has 0 radical (unpaired) electrons. The maximum atomic E-state index is 2.75. The molecule has 0 aromatic rings. The third-order valence-electron chi connectivity index (χ3n) is 0.479. The van der Waals surface area contributed by atoms with Gasteiger partial charge in [0, 0.05) is 0 Å². The second-order valence-electron chi connectivity index (χ2n) is 0.905. The van der Waals surface area contributed by atoms with Crippen molar-refractivity contribution in [3.05, 3.63) is 0 Å². The molecule has 0 aliphatic carbocycles. The predicted molar refractivity (Wildman–Crippen MR) is 20.5 cm³/mol. The Morgan fingerprint density at radius 3 is 1.67 bits per heavy atom. The average Bonchev–Trinajstić information content (AvgIpc) is 1.72. The van der Waals surface area contributed by atoms with E-state index in [2.05, 4.69) is 27.5 Å². The molecule has 0 aromatic heterocycles. The van der Waals surface area contributed by atoms with Crippen LogP contribution in [0, 0.1) is 0 Å². The molecule has 0 amide bonds. The van der Waals surface area contributed by atoms with Gasteiger partial charge in [-0.05, 0) is 0 Å². The van der Waals surface area contributed by atoms with Crippen molar-refractivity contribution in [1.82, 2.24) is 27.5 Å². The molecule has 6 heavy (non-hydrogen) atoms. The molecule has 0 unspecified atom stereocenters. The van der Waals surface area contributed by atoms with E-state index in [9.17, 15) is 0 Å². The number of hydrogen-bond donors (Lipinski definition) is 5. The predicted octanol–water partition coefficient (Wildman–Crippen LogP) is -2.43. The van der Waals surface area contributed by atoms with Crippen molar-refractivity contribution in [1.29, 1.82) is 0 Å². The Balaban J connectivity index is 2.00. The van der Waals surface area contributed by atoms with E-state index >= 15 is 0 Å². The number of hydrogen-bond acceptors (Lipinski definition) is 5. The number of hydrazine groups is 4. The molecule has 5 heteroatoms. The highest BCUT2D eigenvalue weighted by atomic mass is 15.9. The van der Waals surface area contributed by atoms with Crippen LogP contribution in [0.15, 0.2) is 0 Å². The standard InChI is InChI=1S/CH7N5/c1-2-4-6-5-3-1/h2-6H,1H2. The van der Waals surface area contributed by atoms with Crippen LogP contribution >= 0.6 is 0 Å². The van der Waals surface area contributed by atoms with E-state index in [1.54, 1.807) is 0 Å². The molecule has 1 heterocycles. The van der Waals surface area contributed by atoms with Gasteiger partial charge in [0.1, 0.15) is 0 Å². The fourth-order valence-corrected chi connectivity index (χ4v) is 0.252. The Hall–Kier alpha value is -0.200. The molecule has 1 fully saturated rings. The molecule has 36 valence electrons. The molecule has 0 atom stereocenters. The van der Waals surface area contributed by atoms with E-state index in [-0.39, 0.29) is 0 Å². The van der Waals surface area contributed by atoms with Crippen molar-refractivity contribution in [2.45, 2.75) is 0 Å². The Kier molecular flexibility index (Phi) is 1.36. The molecule has 1 aliphatic rings. The highest BCUT2D eigenvalue weighted by molar-refractivity contribution is 4.31. The Labute approximate surface area is 35.4 Å². The first-order valence-electron chi connectivity index (χ1n) is 1.71. The van der Waals surface area contributed by atoms with Gasteiger partial charge in [-0.3, -0.25) is 0 Å². The molecule has 1 aliphatic heterocycles. The van der Waals surface area contributed by atoms with E-state index in [1.807, 2.05) is 0 Å². The summed E-state index contributed by atoms with van der Waals surface area (Å²) in [5.74, 6) is 0. The zero-order valence-corrected chi connectivity index (χ0v) is 3.21. The first-order valence-corrected chi connectivity index (χ1v) is 1.71. The minimum atomic E-state index is 0.715. The quantitative estimate of drug-likeness (QED) is 0.228. The zero-order chi connectivity index (χ0) is 4.24. The molecule has 0 saturated carbocycles. The summed E-state index contributed by atoms with van der Waals surface area (Å²) >= 11 is 0. The summed E-state index contributed by atoms with van der Waals surface area (Å²) in [7, 11) is 0. The van der Waals surface area contributed by atoms with Gasteiger partial charge in [0.25, 0.3) is 0 Å². The first-order chi connectivity index (χ1) is 3.00. The lowest BCUT2D eigenvalue weighted by molar-refractivity contribution is 0.248. The Morgan fingerprint density at radius 2 is 1.50 bits per heavy atom. The van der Waals surface area contributed by atoms with Crippen LogP contribution < -0.4 is 27.5 Å². The summed E-state index contributed by atoms with van der Waals surface area (Å²) < 4.78 is 0. The van der Waals surface area contributed by atoms with Crippen LogP contribution in [-0.2, 0) is 0 Å². The lowest BCUT2D eigenvalue weighted by Crippen LogP contribution is -2.64. The lowest BCUT2D eigenvalue weighted by Gasteiger charge is -2.15. The molecule has 0 bridgehead atoms. The van der Waals surface area contributed by atoms with Gasteiger partial charge in [-0.25, -0.2) is 10.9 Å². The second-order valence-corrected chi connectivity index (χ2v) is 0.905. The summed E-state index contributed by atoms with van der Waals surface area (Å²) in [4.78, 5) is 0. The first kappa shape index (κ1) is 3.97. The second kappa shape index (κ2) is 2.06. The van der Waals surface area contributed by atoms with Crippen LogP contribution in [0.2, 0.25) is 0 Å². The van der Waals surface area contributed by atoms with Gasteiger partial charge in [0.15, 0.2) is 0 Å². The van der Waals surface area contributed by atoms with Gasteiger partial charge in [0.05, 0.1) is 6.67 Å². The summed E-state index contributed by atoms with van der Waals surface area (Å²) in [6.07, 6.45) is 0. The van der Waals surface area contributed by atoms with E-state index in [0.717, 1.165) is 0 Å². The van der Waals surface area contributed by atoms with Crippen LogP contribution in [0.4, 0.5) is 0 Å². The molecule has 5 nitrogen and oxygen atoms in total. The summed E-state index contributed by atoms with van der Waals surface area (Å²) in [5.41, 5.74) is 13.3. The smallest absolute Gasteiger partial charge is 0.0748 e. The van der Waals surface area contributed by atoms with E-state index in [0.29, 0.717) is 6.67 Å². The zero-order valence-electron chi connectivity index (χ0n) is 3.21. The van der Waals surface area contributed by atoms with Crippen molar-refractivity contribution >= 4 is 0 Å². The van der Waals surface area contributed by atoms with Crippen LogP contribution in [-0.4, -0.2) is 6.67 Å². The number of nitrogens with one attached hydrogen (secondary N) is 5. The minimum Gasteiger partial charge on any atom is -0.228 e. The molecule has 1 rings (SSSR count). The van der Waals surface area contributed by atoms with E-state index in [1.165, 1.54) is 0 Å². The van der Waals surface area contributed by atoms with Crippen molar-refractivity contribution in [2.75, 3.05) is 6.67 Å². The maximum absolute atomic E-state index is 2.75. The molecule has 1 saturated heterocycles. The summed E-state index contributed by atoms with van der Waals surface area (Å²) in [5, 5.41) is 0. The average molecular weight is 89.1 g/mol. The fourth-order valence-electron chi connectivity index (χ4n) is 0.252. The topological polar surface area (TPSA) is 60.1 Å². The van der Waals surface area contributed by atoms with Crippen LogP contribution in [0.1, 0.15) is 0 Å². The van der Waals surface area contributed by atoms with Gasteiger partial charge in [-0.15, -0.1) is 0 Å². The summed E-state index contributed by atoms with van der Waals surface area (Å²) in [6.45, 7) is 0.715. The van der Waals surface area contributed by atoms with Gasteiger partial charge in [-0.2, -0.15) is 16.6 Å². The molecule has 5 N–H and O–H groups in total. The van der Waals surface area contributed by atoms with Crippen LogP contribution in [0.3, 0.4) is 0 Å². The van der Waals surface area contributed by atoms with Crippen LogP contribution in [0.25, 0.3) is 0 Å². The third-order valence-corrected chi connectivity index (χ3v) is 0.479. The monoisotopic (exact) mass is 89.1 g/mol. The van der Waals surface area contributed by atoms with Crippen molar-refractivity contribution in [3.8, 4) is 0 Å². The molecular formula is CH7N5.